The molecule has 102 valence electrons. The third kappa shape index (κ3) is 4.39. The van der Waals surface area contributed by atoms with Crippen LogP contribution in [0.5, 0.6) is 0 Å². The van der Waals surface area contributed by atoms with Crippen molar-refractivity contribution in [2.45, 2.75) is 38.6 Å². The largest absolute Gasteiger partial charge is 0.386 e. The Morgan fingerprint density at radius 2 is 2.16 bits per heavy atom. The standard InChI is InChI=1S/C15H20N2O2/c1-12-6-2-3-7-13(12)10-16-19-11-15(18)17-14-8-4-5-9-14/h2-3,6-7,10,14H,4-5,8-9,11H2,1H3,(H,17,18)/b16-10-. The molecule has 0 radical (unpaired) electrons. The van der Waals surface area contributed by atoms with Crippen molar-refractivity contribution in [3.8, 4) is 0 Å². The molecule has 1 saturated carbocycles. The third-order valence-electron chi connectivity index (χ3n) is 3.37. The molecule has 1 aliphatic rings. The van der Waals surface area contributed by atoms with E-state index >= 15 is 0 Å². The maximum Gasteiger partial charge on any atom is 0.260 e. The Morgan fingerprint density at radius 1 is 1.42 bits per heavy atom. The SMILES string of the molecule is Cc1ccccc1/C=N\OCC(=O)NC1CCCC1. The van der Waals surface area contributed by atoms with Crippen LogP contribution < -0.4 is 5.32 Å². The monoisotopic (exact) mass is 260 g/mol. The van der Waals surface area contributed by atoms with Gasteiger partial charge in [-0.3, -0.25) is 4.79 Å². The number of hydrogen-bond acceptors (Lipinski definition) is 3. The molecule has 1 fully saturated rings. The molecule has 0 unspecified atom stereocenters. The fraction of sp³-hybridized carbons (Fsp3) is 0.467. The van der Waals surface area contributed by atoms with Crippen molar-refractivity contribution in [3.63, 3.8) is 0 Å². The van der Waals surface area contributed by atoms with E-state index in [1.54, 1.807) is 6.21 Å². The summed E-state index contributed by atoms with van der Waals surface area (Å²) in [7, 11) is 0. The lowest BCUT2D eigenvalue weighted by atomic mass is 10.1. The van der Waals surface area contributed by atoms with Gasteiger partial charge < -0.3 is 10.2 Å². The molecule has 1 amide bonds. The van der Waals surface area contributed by atoms with Gasteiger partial charge in [0.2, 0.25) is 0 Å². The van der Waals surface area contributed by atoms with Crippen LogP contribution >= 0.6 is 0 Å². The number of nitrogens with one attached hydrogen (secondary N) is 1. The van der Waals surface area contributed by atoms with E-state index in [0.29, 0.717) is 6.04 Å². The minimum Gasteiger partial charge on any atom is -0.386 e. The van der Waals surface area contributed by atoms with Gasteiger partial charge in [0, 0.05) is 6.04 Å². The number of oxime groups is 1. The van der Waals surface area contributed by atoms with E-state index < -0.39 is 0 Å². The van der Waals surface area contributed by atoms with Crippen LogP contribution in [0.1, 0.15) is 36.8 Å². The van der Waals surface area contributed by atoms with Crippen LogP contribution in [-0.4, -0.2) is 24.8 Å². The van der Waals surface area contributed by atoms with Gasteiger partial charge in [-0.05, 0) is 30.9 Å². The molecule has 0 bridgehead atoms. The number of benzene rings is 1. The van der Waals surface area contributed by atoms with E-state index in [1.807, 2.05) is 31.2 Å². The van der Waals surface area contributed by atoms with Crippen molar-refractivity contribution in [2.75, 3.05) is 6.61 Å². The summed E-state index contributed by atoms with van der Waals surface area (Å²) in [5.74, 6) is -0.0890. The van der Waals surface area contributed by atoms with Crippen LogP contribution in [0.15, 0.2) is 29.4 Å². The van der Waals surface area contributed by atoms with Crippen molar-refractivity contribution >= 4 is 12.1 Å². The Kier molecular flexibility index (Phi) is 4.95. The minimum absolute atomic E-state index is 0.0150. The molecule has 4 nitrogen and oxygen atoms in total. The summed E-state index contributed by atoms with van der Waals surface area (Å²) in [6, 6.07) is 8.22. The summed E-state index contributed by atoms with van der Waals surface area (Å²) in [6.45, 7) is 1.99. The van der Waals surface area contributed by atoms with E-state index in [-0.39, 0.29) is 12.5 Å². The van der Waals surface area contributed by atoms with Gasteiger partial charge in [0.15, 0.2) is 6.61 Å². The molecule has 1 N–H and O–H groups in total. The zero-order valence-corrected chi connectivity index (χ0v) is 11.3. The van der Waals surface area contributed by atoms with Crippen LogP contribution in [0.25, 0.3) is 0 Å². The molecular weight excluding hydrogens is 240 g/mol. The van der Waals surface area contributed by atoms with Crippen LogP contribution in [0.2, 0.25) is 0 Å². The highest BCUT2D eigenvalue weighted by molar-refractivity contribution is 5.81. The van der Waals surface area contributed by atoms with Crippen LogP contribution in [0.4, 0.5) is 0 Å². The fourth-order valence-electron chi connectivity index (χ4n) is 2.26. The maximum atomic E-state index is 11.6. The summed E-state index contributed by atoms with van der Waals surface area (Å²) in [5.41, 5.74) is 2.13. The first-order chi connectivity index (χ1) is 9.25. The number of nitrogens with zero attached hydrogens (tertiary/aromatic N) is 1. The van der Waals surface area contributed by atoms with Crippen LogP contribution in [0.3, 0.4) is 0 Å². The zero-order chi connectivity index (χ0) is 13.5. The van der Waals surface area contributed by atoms with Crippen molar-refractivity contribution in [2.24, 2.45) is 5.16 Å². The third-order valence-corrected chi connectivity index (χ3v) is 3.37. The smallest absolute Gasteiger partial charge is 0.260 e. The Balaban J connectivity index is 1.71. The summed E-state index contributed by atoms with van der Waals surface area (Å²) in [4.78, 5) is 16.6. The summed E-state index contributed by atoms with van der Waals surface area (Å²) in [6.07, 6.45) is 6.21. The molecule has 1 aliphatic carbocycles. The van der Waals surface area contributed by atoms with Crippen molar-refractivity contribution in [1.82, 2.24) is 5.32 Å². The predicted molar refractivity (Wildman–Crippen MR) is 75.1 cm³/mol. The number of carbonyl (C=O) groups is 1. The molecule has 19 heavy (non-hydrogen) atoms. The molecule has 4 heteroatoms. The first kappa shape index (κ1) is 13.6. The normalized spacial score (nSPS) is 15.8. The van der Waals surface area contributed by atoms with Crippen molar-refractivity contribution < 1.29 is 9.63 Å². The first-order valence-electron chi connectivity index (χ1n) is 6.76. The van der Waals surface area contributed by atoms with Crippen molar-refractivity contribution in [3.05, 3.63) is 35.4 Å². The minimum atomic E-state index is -0.0890. The predicted octanol–water partition coefficient (Wildman–Crippen LogP) is 2.40. The molecule has 1 aromatic rings. The molecule has 0 atom stereocenters. The second kappa shape index (κ2) is 6.92. The number of aryl methyl sites for hydroxylation is 1. The Morgan fingerprint density at radius 3 is 2.89 bits per heavy atom. The van der Waals surface area contributed by atoms with E-state index in [9.17, 15) is 4.79 Å². The van der Waals surface area contributed by atoms with Gasteiger partial charge in [0.05, 0.1) is 6.21 Å². The van der Waals surface area contributed by atoms with Gasteiger partial charge in [-0.15, -0.1) is 0 Å². The average Bonchev–Trinajstić information content (AvgIpc) is 2.89. The maximum absolute atomic E-state index is 11.6. The number of amides is 1. The molecule has 0 saturated heterocycles. The molecule has 2 rings (SSSR count). The Labute approximate surface area is 113 Å². The number of carbonyl (C=O) groups excluding carboxylic acids is 1. The molecular formula is C15H20N2O2. The average molecular weight is 260 g/mol. The van der Waals surface area contributed by atoms with Gasteiger partial charge in [-0.1, -0.05) is 42.3 Å². The lowest BCUT2D eigenvalue weighted by molar-refractivity contribution is -0.126. The summed E-state index contributed by atoms with van der Waals surface area (Å²) < 4.78 is 0. The second-order valence-corrected chi connectivity index (χ2v) is 4.91. The van der Waals surface area contributed by atoms with Crippen molar-refractivity contribution in [1.29, 1.82) is 0 Å². The molecule has 0 aromatic heterocycles. The summed E-state index contributed by atoms with van der Waals surface area (Å²) >= 11 is 0. The lowest BCUT2D eigenvalue weighted by Gasteiger charge is -2.10. The van der Waals surface area contributed by atoms with E-state index in [1.165, 1.54) is 12.8 Å². The lowest BCUT2D eigenvalue weighted by Crippen LogP contribution is -2.34. The highest BCUT2D eigenvalue weighted by atomic mass is 16.6. The molecule has 1 aromatic carbocycles. The van der Waals surface area contributed by atoms with E-state index in [4.69, 9.17) is 4.84 Å². The van der Waals surface area contributed by atoms with Crippen LogP contribution in [0, 0.1) is 6.92 Å². The molecule has 0 spiro atoms. The second-order valence-electron chi connectivity index (χ2n) is 4.91. The van der Waals surface area contributed by atoms with Gasteiger partial charge in [0.25, 0.3) is 5.91 Å². The van der Waals surface area contributed by atoms with Gasteiger partial charge >= 0.3 is 0 Å². The van der Waals surface area contributed by atoms with Crippen LogP contribution in [-0.2, 0) is 9.63 Å². The zero-order valence-electron chi connectivity index (χ0n) is 11.3. The van der Waals surface area contributed by atoms with Gasteiger partial charge in [-0.25, -0.2) is 0 Å². The highest BCUT2D eigenvalue weighted by Crippen LogP contribution is 2.17. The van der Waals surface area contributed by atoms with Gasteiger partial charge in [-0.2, -0.15) is 0 Å². The Hall–Kier alpha value is -1.84. The molecule has 0 heterocycles. The quantitative estimate of drug-likeness (QED) is 0.653. The summed E-state index contributed by atoms with van der Waals surface area (Å²) in [5, 5.41) is 6.78. The number of hydrogen-bond donors (Lipinski definition) is 1. The van der Waals surface area contributed by atoms with Gasteiger partial charge in [0.1, 0.15) is 0 Å². The highest BCUT2D eigenvalue weighted by Gasteiger charge is 2.16. The number of rotatable bonds is 5. The first-order valence-corrected chi connectivity index (χ1v) is 6.76. The van der Waals surface area contributed by atoms with E-state index in [2.05, 4.69) is 10.5 Å². The Bertz CT molecular complexity index is 451. The molecule has 0 aliphatic heterocycles. The van der Waals surface area contributed by atoms with E-state index in [0.717, 1.165) is 24.0 Å². The topological polar surface area (TPSA) is 50.7 Å². The fourth-order valence-corrected chi connectivity index (χ4v) is 2.26.